The number of para-hydroxylation sites is 2. The van der Waals surface area contributed by atoms with Crippen LogP contribution in [0.5, 0.6) is 5.75 Å². The van der Waals surface area contributed by atoms with Crippen LogP contribution in [0.3, 0.4) is 0 Å². The van der Waals surface area contributed by atoms with Gasteiger partial charge in [0.05, 0.1) is 12.8 Å². The molecule has 1 heterocycles. The number of ether oxygens (including phenoxy) is 1. The highest BCUT2D eigenvalue weighted by Crippen LogP contribution is 2.24. The van der Waals surface area contributed by atoms with Crippen LogP contribution in [-0.2, 0) is 0 Å². The minimum atomic E-state index is -0.223. The third-order valence-corrected chi connectivity index (χ3v) is 3.72. The molecule has 26 heavy (non-hydrogen) atoms. The lowest BCUT2D eigenvalue weighted by Crippen LogP contribution is -2.13. The fraction of sp³-hybridized carbons (Fsp3) is 0.150. The maximum absolute atomic E-state index is 12.6. The van der Waals surface area contributed by atoms with Crippen LogP contribution in [0, 0.1) is 13.8 Å². The van der Waals surface area contributed by atoms with Crippen molar-refractivity contribution in [2.75, 3.05) is 17.7 Å². The van der Waals surface area contributed by atoms with Gasteiger partial charge in [-0.15, -0.1) is 0 Å². The van der Waals surface area contributed by atoms with E-state index in [4.69, 9.17) is 4.74 Å². The van der Waals surface area contributed by atoms with Gasteiger partial charge in [-0.25, -0.2) is 9.97 Å². The second-order valence-corrected chi connectivity index (χ2v) is 5.83. The van der Waals surface area contributed by atoms with E-state index in [1.165, 1.54) is 0 Å². The van der Waals surface area contributed by atoms with Gasteiger partial charge in [-0.05, 0) is 50.2 Å². The molecule has 0 aliphatic carbocycles. The molecule has 6 heteroatoms. The molecule has 3 aromatic rings. The van der Waals surface area contributed by atoms with E-state index in [-0.39, 0.29) is 5.91 Å². The zero-order chi connectivity index (χ0) is 18.5. The highest BCUT2D eigenvalue weighted by atomic mass is 16.5. The lowest BCUT2D eigenvalue weighted by molar-refractivity contribution is 0.102. The van der Waals surface area contributed by atoms with Gasteiger partial charge in [-0.3, -0.25) is 4.79 Å². The number of aryl methyl sites for hydroxylation is 2. The number of hydrogen-bond donors (Lipinski definition) is 2. The van der Waals surface area contributed by atoms with Gasteiger partial charge in [0.25, 0.3) is 5.91 Å². The average Bonchev–Trinajstić information content (AvgIpc) is 2.61. The van der Waals surface area contributed by atoms with Crippen LogP contribution in [0.25, 0.3) is 0 Å². The lowest BCUT2D eigenvalue weighted by Gasteiger charge is -2.11. The summed E-state index contributed by atoms with van der Waals surface area (Å²) in [6.45, 7) is 3.83. The molecule has 0 fully saturated rings. The van der Waals surface area contributed by atoms with Crippen LogP contribution < -0.4 is 15.4 Å². The van der Waals surface area contributed by atoms with Gasteiger partial charge in [-0.1, -0.05) is 18.2 Å². The normalized spacial score (nSPS) is 10.3. The summed E-state index contributed by atoms with van der Waals surface area (Å²) in [6.07, 6.45) is 0. The van der Waals surface area contributed by atoms with Gasteiger partial charge in [0.2, 0.25) is 5.95 Å². The van der Waals surface area contributed by atoms with Crippen LogP contribution >= 0.6 is 0 Å². The van der Waals surface area contributed by atoms with Gasteiger partial charge in [0.1, 0.15) is 5.75 Å². The molecular weight excluding hydrogens is 328 g/mol. The summed E-state index contributed by atoms with van der Waals surface area (Å²) >= 11 is 0. The molecule has 0 spiro atoms. The first kappa shape index (κ1) is 17.4. The monoisotopic (exact) mass is 348 g/mol. The smallest absolute Gasteiger partial charge is 0.255 e. The van der Waals surface area contributed by atoms with Crippen molar-refractivity contribution in [1.82, 2.24) is 9.97 Å². The Labute approximate surface area is 152 Å². The summed E-state index contributed by atoms with van der Waals surface area (Å²) < 4.78 is 5.26. The first-order valence-corrected chi connectivity index (χ1v) is 8.19. The minimum Gasteiger partial charge on any atom is -0.495 e. The summed E-state index contributed by atoms with van der Waals surface area (Å²) in [5.74, 6) is 0.892. The van der Waals surface area contributed by atoms with E-state index in [1.54, 1.807) is 31.4 Å². The zero-order valence-corrected chi connectivity index (χ0v) is 14.9. The number of benzene rings is 2. The molecule has 0 saturated heterocycles. The largest absolute Gasteiger partial charge is 0.495 e. The Morgan fingerprint density at radius 3 is 2.42 bits per heavy atom. The third kappa shape index (κ3) is 4.16. The molecule has 6 nitrogen and oxygen atoms in total. The van der Waals surface area contributed by atoms with Crippen LogP contribution in [-0.4, -0.2) is 23.0 Å². The Kier molecular flexibility index (Phi) is 5.12. The van der Waals surface area contributed by atoms with E-state index < -0.39 is 0 Å². The van der Waals surface area contributed by atoms with Crippen molar-refractivity contribution in [1.29, 1.82) is 0 Å². The number of amides is 1. The molecule has 1 aromatic heterocycles. The van der Waals surface area contributed by atoms with E-state index in [9.17, 15) is 4.79 Å². The topological polar surface area (TPSA) is 76.1 Å². The maximum Gasteiger partial charge on any atom is 0.255 e. The van der Waals surface area contributed by atoms with E-state index in [0.717, 1.165) is 17.1 Å². The first-order chi connectivity index (χ1) is 12.5. The number of carbonyl (C=O) groups is 1. The second-order valence-electron chi connectivity index (χ2n) is 5.83. The molecular formula is C20H20N4O2. The number of nitrogens with zero attached hydrogens (tertiary/aromatic N) is 2. The first-order valence-electron chi connectivity index (χ1n) is 8.19. The molecule has 1 amide bonds. The predicted octanol–water partition coefficient (Wildman–Crippen LogP) is 4.10. The van der Waals surface area contributed by atoms with Crippen LogP contribution in [0.4, 0.5) is 17.3 Å². The minimum absolute atomic E-state index is 0.223. The number of methoxy groups -OCH3 is 1. The standard InChI is InChI=1S/C20H20N4O2/c1-13-11-14(2)22-20(21-13)23-16-8-6-7-15(12-16)19(25)24-17-9-4-5-10-18(17)26-3/h4-12H,1-3H3,(H,24,25)(H,21,22,23). The molecule has 0 aliphatic heterocycles. The SMILES string of the molecule is COc1ccccc1NC(=O)c1cccc(Nc2nc(C)cc(C)n2)c1. The van der Waals surface area contributed by atoms with Crippen molar-refractivity contribution >= 4 is 23.2 Å². The van der Waals surface area contributed by atoms with Crippen LogP contribution in [0.2, 0.25) is 0 Å². The van der Waals surface area contributed by atoms with Crippen LogP contribution in [0.15, 0.2) is 54.6 Å². The lowest BCUT2D eigenvalue weighted by atomic mass is 10.1. The number of nitrogens with one attached hydrogen (secondary N) is 2. The molecule has 0 atom stereocenters. The molecule has 0 bridgehead atoms. The van der Waals surface area contributed by atoms with Gasteiger partial charge in [0, 0.05) is 22.6 Å². The fourth-order valence-electron chi connectivity index (χ4n) is 2.59. The van der Waals surface area contributed by atoms with E-state index in [1.807, 2.05) is 44.2 Å². The Bertz CT molecular complexity index is 920. The molecule has 132 valence electrons. The van der Waals surface area contributed by atoms with E-state index >= 15 is 0 Å². The van der Waals surface area contributed by atoms with Crippen molar-refractivity contribution in [2.45, 2.75) is 13.8 Å². The molecule has 2 N–H and O–H groups in total. The van der Waals surface area contributed by atoms with Gasteiger partial charge < -0.3 is 15.4 Å². The molecule has 0 radical (unpaired) electrons. The van der Waals surface area contributed by atoms with Crippen molar-refractivity contribution < 1.29 is 9.53 Å². The quantitative estimate of drug-likeness (QED) is 0.726. The van der Waals surface area contributed by atoms with Crippen molar-refractivity contribution in [3.63, 3.8) is 0 Å². The summed E-state index contributed by atoms with van der Waals surface area (Å²) in [6, 6.07) is 16.4. The molecule has 0 unspecified atom stereocenters. The van der Waals surface area contributed by atoms with E-state index in [0.29, 0.717) is 22.9 Å². The van der Waals surface area contributed by atoms with E-state index in [2.05, 4.69) is 20.6 Å². The van der Waals surface area contributed by atoms with Crippen molar-refractivity contribution in [2.24, 2.45) is 0 Å². The van der Waals surface area contributed by atoms with Crippen molar-refractivity contribution in [3.05, 3.63) is 71.5 Å². The Balaban J connectivity index is 1.79. The number of aromatic nitrogens is 2. The Morgan fingerprint density at radius 2 is 1.69 bits per heavy atom. The highest BCUT2D eigenvalue weighted by Gasteiger charge is 2.10. The summed E-state index contributed by atoms with van der Waals surface area (Å²) in [4.78, 5) is 21.3. The molecule has 0 saturated carbocycles. The Hall–Kier alpha value is -3.41. The summed E-state index contributed by atoms with van der Waals surface area (Å²) in [5.41, 5.74) is 3.64. The van der Waals surface area contributed by atoms with Gasteiger partial charge in [0.15, 0.2) is 0 Å². The third-order valence-electron chi connectivity index (χ3n) is 3.72. The Morgan fingerprint density at radius 1 is 0.962 bits per heavy atom. The fourth-order valence-corrected chi connectivity index (χ4v) is 2.59. The number of anilines is 3. The number of rotatable bonds is 5. The molecule has 3 rings (SSSR count). The second kappa shape index (κ2) is 7.65. The van der Waals surface area contributed by atoms with Crippen LogP contribution in [0.1, 0.15) is 21.7 Å². The van der Waals surface area contributed by atoms with Crippen molar-refractivity contribution in [3.8, 4) is 5.75 Å². The number of hydrogen-bond acceptors (Lipinski definition) is 5. The van der Waals surface area contributed by atoms with Gasteiger partial charge >= 0.3 is 0 Å². The predicted molar refractivity (Wildman–Crippen MR) is 102 cm³/mol. The summed E-state index contributed by atoms with van der Waals surface area (Å²) in [7, 11) is 1.57. The zero-order valence-electron chi connectivity index (χ0n) is 14.9. The highest BCUT2D eigenvalue weighted by molar-refractivity contribution is 6.05. The molecule has 2 aromatic carbocycles. The summed E-state index contributed by atoms with van der Waals surface area (Å²) in [5, 5.41) is 6.00. The van der Waals surface area contributed by atoms with Gasteiger partial charge in [-0.2, -0.15) is 0 Å². The number of carbonyl (C=O) groups excluding carboxylic acids is 1. The average molecular weight is 348 g/mol. The maximum atomic E-state index is 12.6. The molecule has 0 aliphatic rings.